The molecule has 2 aliphatic heterocycles. The molecule has 2 aromatic heterocycles. The van der Waals surface area contributed by atoms with Crippen molar-refractivity contribution < 1.29 is 14.9 Å². The zero-order chi connectivity index (χ0) is 20.7. The Balaban J connectivity index is 1.30. The van der Waals surface area contributed by atoms with E-state index in [1.807, 2.05) is 22.4 Å². The van der Waals surface area contributed by atoms with E-state index in [0.29, 0.717) is 46.9 Å². The third kappa shape index (κ3) is 3.14. The van der Waals surface area contributed by atoms with E-state index in [1.54, 1.807) is 16.7 Å². The Morgan fingerprint density at radius 1 is 1.33 bits per heavy atom. The average Bonchev–Trinajstić information content (AvgIpc) is 3.48. The van der Waals surface area contributed by atoms with Crippen molar-refractivity contribution in [3.63, 3.8) is 0 Å². The van der Waals surface area contributed by atoms with Crippen LogP contribution in [0.2, 0.25) is 0 Å². The number of hydrogen-bond donors (Lipinski definition) is 2. The number of carbonyl (C=O) groups excluding carboxylic acids is 2. The Morgan fingerprint density at radius 2 is 2.17 bits per heavy atom. The number of benzene rings is 1. The number of nitriles is 1. The van der Waals surface area contributed by atoms with Crippen molar-refractivity contribution in [1.82, 2.24) is 14.5 Å². The minimum Gasteiger partial charge on any atom is -0.312 e. The lowest BCUT2D eigenvalue weighted by Crippen LogP contribution is -2.96. The first-order valence-corrected chi connectivity index (χ1v) is 10.0. The fourth-order valence-electron chi connectivity index (χ4n) is 3.42. The zero-order valence-electron chi connectivity index (χ0n) is 15.6. The van der Waals surface area contributed by atoms with Gasteiger partial charge in [-0.2, -0.15) is 5.26 Å². The summed E-state index contributed by atoms with van der Waals surface area (Å²) >= 11 is 1.31. The zero-order valence-corrected chi connectivity index (χ0v) is 16.4. The highest BCUT2D eigenvalue weighted by atomic mass is 32.1. The molecule has 148 valence electrons. The van der Waals surface area contributed by atoms with Crippen molar-refractivity contribution in [1.29, 1.82) is 5.26 Å². The molecule has 3 N–H and O–H groups in total. The number of nitrogens with one attached hydrogen (secondary N) is 1. The minimum absolute atomic E-state index is 0.0476. The van der Waals surface area contributed by atoms with Crippen molar-refractivity contribution in [2.24, 2.45) is 4.99 Å². The van der Waals surface area contributed by atoms with Crippen molar-refractivity contribution >= 4 is 40.1 Å². The summed E-state index contributed by atoms with van der Waals surface area (Å²) in [4.78, 5) is 39.9. The molecule has 0 unspecified atom stereocenters. The second-order valence-electron chi connectivity index (χ2n) is 6.72. The number of nitrogens with zero attached hydrogens (tertiary/aromatic N) is 6. The first-order chi connectivity index (χ1) is 14.6. The summed E-state index contributed by atoms with van der Waals surface area (Å²) < 4.78 is 1.55. The van der Waals surface area contributed by atoms with Crippen LogP contribution >= 0.6 is 11.3 Å². The van der Waals surface area contributed by atoms with Crippen molar-refractivity contribution in [2.75, 3.05) is 23.3 Å². The maximum atomic E-state index is 12.5. The Morgan fingerprint density at radius 3 is 2.97 bits per heavy atom. The molecular weight excluding hydrogens is 404 g/mol. The normalized spacial score (nSPS) is 14.7. The Kier molecular flexibility index (Phi) is 4.35. The molecule has 11 heteroatoms. The Labute approximate surface area is 174 Å². The molecule has 5 rings (SSSR count). The minimum atomic E-state index is -0.301. The molecule has 2 aliphatic rings. The fraction of sp³-hybridized carbons (Fsp3) is 0.158. The molecule has 1 aromatic carbocycles. The highest BCUT2D eigenvalue weighted by molar-refractivity contribution is 7.14. The molecule has 0 bridgehead atoms. The van der Waals surface area contributed by atoms with Gasteiger partial charge in [0.1, 0.15) is 6.54 Å². The number of fused-ring (bicyclic) bond motifs is 3. The number of imidazole rings is 1. The number of guanidine groups is 1. The lowest BCUT2D eigenvalue weighted by Gasteiger charge is -2.20. The number of aromatic nitrogens is 3. The van der Waals surface area contributed by atoms with Crippen LogP contribution in [0.4, 0.5) is 10.9 Å². The molecule has 0 atom stereocenters. The highest BCUT2D eigenvalue weighted by Gasteiger charge is 2.39. The molecule has 0 saturated carbocycles. The van der Waals surface area contributed by atoms with Gasteiger partial charge in [-0.1, -0.05) is 12.1 Å². The van der Waals surface area contributed by atoms with Crippen molar-refractivity contribution in [3.8, 4) is 17.3 Å². The summed E-state index contributed by atoms with van der Waals surface area (Å²) in [6.07, 6.45) is 1.50. The van der Waals surface area contributed by atoms with Crippen LogP contribution in [-0.4, -0.2) is 45.4 Å². The second kappa shape index (κ2) is 7.18. The molecule has 3 aromatic rings. The second-order valence-corrected chi connectivity index (χ2v) is 7.58. The summed E-state index contributed by atoms with van der Waals surface area (Å²) in [6, 6.07) is 9.15. The molecule has 0 spiro atoms. The number of anilines is 2. The van der Waals surface area contributed by atoms with Gasteiger partial charge >= 0.3 is 11.9 Å². The van der Waals surface area contributed by atoms with Crippen LogP contribution in [0.3, 0.4) is 0 Å². The van der Waals surface area contributed by atoms with E-state index in [1.165, 1.54) is 23.0 Å². The predicted molar refractivity (Wildman–Crippen MR) is 109 cm³/mol. The van der Waals surface area contributed by atoms with Crippen molar-refractivity contribution in [2.45, 2.75) is 6.54 Å². The Hall–Kier alpha value is -3.88. The number of primary amides is 1. The average molecular weight is 419 g/mol. The van der Waals surface area contributed by atoms with E-state index in [0.717, 1.165) is 5.56 Å². The summed E-state index contributed by atoms with van der Waals surface area (Å²) in [6.45, 7) is 1.25. The maximum absolute atomic E-state index is 12.5. The van der Waals surface area contributed by atoms with Crippen LogP contribution in [-0.2, 0) is 11.3 Å². The van der Waals surface area contributed by atoms with Gasteiger partial charge in [0.05, 0.1) is 36.7 Å². The molecule has 0 fully saturated rings. The first-order valence-electron chi connectivity index (χ1n) is 9.14. The van der Waals surface area contributed by atoms with E-state index < -0.39 is 0 Å². The molecule has 0 aliphatic carbocycles. The smallest absolute Gasteiger partial charge is 0.312 e. The molecule has 30 heavy (non-hydrogen) atoms. The van der Waals surface area contributed by atoms with Crippen LogP contribution < -0.4 is 15.5 Å². The van der Waals surface area contributed by atoms with Gasteiger partial charge < -0.3 is 9.88 Å². The lowest BCUT2D eigenvalue weighted by atomic mass is 10.1. The summed E-state index contributed by atoms with van der Waals surface area (Å²) in [5, 5.41) is 15.4. The maximum Gasteiger partial charge on any atom is 0.370 e. The number of aliphatic imine (C=N–C) groups is 1. The van der Waals surface area contributed by atoms with E-state index in [9.17, 15) is 9.59 Å². The largest absolute Gasteiger partial charge is 0.370 e. The van der Waals surface area contributed by atoms with Crippen LogP contribution in [0.1, 0.15) is 16.1 Å². The van der Waals surface area contributed by atoms with Gasteiger partial charge in [-0.15, -0.1) is 11.3 Å². The quantitative estimate of drug-likeness (QED) is 0.629. The van der Waals surface area contributed by atoms with Crippen LogP contribution in [0.25, 0.3) is 11.3 Å². The van der Waals surface area contributed by atoms with Gasteiger partial charge in [0.25, 0.3) is 0 Å². The van der Waals surface area contributed by atoms with Crippen molar-refractivity contribution in [3.05, 3.63) is 47.2 Å². The fourth-order valence-corrected chi connectivity index (χ4v) is 4.16. The number of amides is 2. The van der Waals surface area contributed by atoms with E-state index in [-0.39, 0.29) is 18.4 Å². The Bertz CT molecular complexity index is 1230. The van der Waals surface area contributed by atoms with E-state index >= 15 is 0 Å². The monoisotopic (exact) mass is 419 g/mol. The van der Waals surface area contributed by atoms with E-state index in [4.69, 9.17) is 5.26 Å². The molecule has 0 radical (unpaired) electrons. The van der Waals surface area contributed by atoms with Crippen LogP contribution in [0.5, 0.6) is 0 Å². The molecular formula is C19H15N8O2S+. The van der Waals surface area contributed by atoms with Gasteiger partial charge in [-0.3, -0.25) is 9.69 Å². The summed E-state index contributed by atoms with van der Waals surface area (Å²) in [5.41, 5.74) is 2.54. The number of nitrogens with two attached hydrogens (primary N) is 1. The number of thiazole rings is 1. The number of quaternary nitrogens is 1. The van der Waals surface area contributed by atoms with Gasteiger partial charge in [-0.05, 0) is 12.1 Å². The van der Waals surface area contributed by atoms with E-state index in [2.05, 4.69) is 26.3 Å². The van der Waals surface area contributed by atoms with Gasteiger partial charge in [0.2, 0.25) is 5.91 Å². The van der Waals surface area contributed by atoms with Crippen LogP contribution in [0, 0.1) is 11.3 Å². The summed E-state index contributed by atoms with van der Waals surface area (Å²) in [7, 11) is 0. The third-order valence-electron chi connectivity index (χ3n) is 4.82. The molecule has 0 saturated heterocycles. The number of hydrogen-bond acceptors (Lipinski definition) is 8. The van der Waals surface area contributed by atoms with Gasteiger partial charge in [-0.25, -0.2) is 25.1 Å². The van der Waals surface area contributed by atoms with Crippen LogP contribution in [0.15, 0.2) is 41.0 Å². The molecule has 10 nitrogen and oxygen atoms in total. The number of rotatable bonds is 4. The SMILES string of the molecule is N#Cc1ccc(-c2csc(NC(=O)Cn3cnc4c3C(=O)[NH2+]C3=NCCN34)n2)cc1. The summed E-state index contributed by atoms with van der Waals surface area (Å²) in [5.74, 6) is 0.665. The lowest BCUT2D eigenvalue weighted by molar-refractivity contribution is -0.434. The molecule has 4 heterocycles. The first kappa shape index (κ1) is 18.2. The topological polar surface area (TPSA) is 133 Å². The predicted octanol–water partition coefficient (Wildman–Crippen LogP) is 0.410. The number of carbonyl (C=O) groups is 2. The van der Waals surface area contributed by atoms with Gasteiger partial charge in [0, 0.05) is 10.9 Å². The third-order valence-corrected chi connectivity index (χ3v) is 5.57. The van der Waals surface area contributed by atoms with Gasteiger partial charge in [0.15, 0.2) is 16.6 Å². The molecule has 2 amide bonds. The highest BCUT2D eigenvalue weighted by Crippen LogP contribution is 2.26. The standard InChI is InChI=1S/C19H14N8O2S/c20-7-11-1-3-12(4-2-11)13-9-30-19(23-13)24-14(28)8-26-10-22-16-15(26)17(29)25-18-21-5-6-27(16)18/h1-4,9-10H,5-6,8H2,(H,21,25,29)(H,23,24,28)/p+1.